The summed E-state index contributed by atoms with van der Waals surface area (Å²) in [6, 6.07) is 11.4. The predicted molar refractivity (Wildman–Crippen MR) is 118 cm³/mol. The number of amides is 3. The van der Waals surface area contributed by atoms with Crippen LogP contribution in [0, 0.1) is 11.7 Å². The molecule has 0 aliphatic carbocycles. The van der Waals surface area contributed by atoms with Gasteiger partial charge in [0.25, 0.3) is 5.91 Å². The average molecular weight is 442 g/mol. The van der Waals surface area contributed by atoms with Crippen molar-refractivity contribution in [2.75, 3.05) is 0 Å². The lowest BCUT2D eigenvalue weighted by Crippen LogP contribution is -2.55. The Kier molecular flexibility index (Phi) is 9.07. The molecule has 8 heteroatoms. The third-order valence-electron chi connectivity index (χ3n) is 4.91. The molecule has 0 spiro atoms. The van der Waals surface area contributed by atoms with Crippen LogP contribution in [0.5, 0.6) is 0 Å². The number of carbonyl (C=O) groups is 4. The molecule has 32 heavy (non-hydrogen) atoms. The number of aldehydes is 1. The second-order valence-electron chi connectivity index (χ2n) is 7.87. The molecule has 3 atom stereocenters. The molecule has 0 heterocycles. The molecule has 2 aromatic rings. The van der Waals surface area contributed by atoms with Gasteiger partial charge >= 0.3 is 0 Å². The number of carbonyl (C=O) groups excluding carboxylic acids is 4. The van der Waals surface area contributed by atoms with Crippen LogP contribution in [-0.2, 0) is 20.8 Å². The lowest BCUT2D eigenvalue weighted by molar-refractivity contribution is -0.130. The molecule has 0 aliphatic rings. The van der Waals surface area contributed by atoms with E-state index in [0.717, 1.165) is 0 Å². The van der Waals surface area contributed by atoms with E-state index >= 15 is 0 Å². The molecule has 2 aromatic carbocycles. The van der Waals surface area contributed by atoms with Gasteiger partial charge in [-0.25, -0.2) is 4.39 Å². The van der Waals surface area contributed by atoms with Gasteiger partial charge in [0.2, 0.25) is 11.8 Å². The molecule has 0 aromatic heterocycles. The van der Waals surface area contributed by atoms with Crippen LogP contribution in [0.4, 0.5) is 4.39 Å². The normalized spacial score (nSPS) is 13.5. The molecule has 0 fully saturated rings. The summed E-state index contributed by atoms with van der Waals surface area (Å²) in [7, 11) is 0. The number of benzene rings is 2. The minimum atomic E-state index is -1.05. The van der Waals surface area contributed by atoms with E-state index in [1.165, 1.54) is 25.1 Å². The Balaban J connectivity index is 2.14. The summed E-state index contributed by atoms with van der Waals surface area (Å²) in [6.07, 6.45) is 0.670. The van der Waals surface area contributed by atoms with Crippen LogP contribution in [0.1, 0.15) is 36.7 Å². The van der Waals surface area contributed by atoms with E-state index in [9.17, 15) is 23.6 Å². The molecule has 7 nitrogen and oxygen atoms in total. The Bertz CT molecular complexity index is 949. The van der Waals surface area contributed by atoms with Gasteiger partial charge in [0, 0.05) is 12.0 Å². The van der Waals surface area contributed by atoms with Gasteiger partial charge in [0.15, 0.2) is 0 Å². The van der Waals surface area contributed by atoms with Crippen LogP contribution >= 0.6 is 0 Å². The summed E-state index contributed by atoms with van der Waals surface area (Å²) in [4.78, 5) is 49.1. The van der Waals surface area contributed by atoms with Gasteiger partial charge < -0.3 is 20.7 Å². The monoisotopic (exact) mass is 441 g/mol. The van der Waals surface area contributed by atoms with Gasteiger partial charge in [0.05, 0.1) is 6.04 Å². The maximum absolute atomic E-state index is 13.6. The summed E-state index contributed by atoms with van der Waals surface area (Å²) in [5, 5.41) is 7.79. The highest BCUT2D eigenvalue weighted by Gasteiger charge is 2.26. The van der Waals surface area contributed by atoms with Crippen LogP contribution in [-0.4, -0.2) is 42.1 Å². The Morgan fingerprint density at radius 2 is 1.59 bits per heavy atom. The van der Waals surface area contributed by atoms with Crippen LogP contribution < -0.4 is 16.0 Å². The second kappa shape index (κ2) is 11.7. The van der Waals surface area contributed by atoms with E-state index < -0.39 is 41.7 Å². The molecule has 3 N–H and O–H groups in total. The van der Waals surface area contributed by atoms with Crippen molar-refractivity contribution in [2.45, 2.75) is 45.3 Å². The molecule has 2 rings (SSSR count). The first-order valence-electron chi connectivity index (χ1n) is 10.4. The Morgan fingerprint density at radius 3 is 2.19 bits per heavy atom. The van der Waals surface area contributed by atoms with Crippen molar-refractivity contribution in [1.82, 2.24) is 16.0 Å². The third kappa shape index (κ3) is 7.30. The Morgan fingerprint density at radius 1 is 0.906 bits per heavy atom. The molecular formula is C24H28FN3O4. The minimum Gasteiger partial charge on any atom is -0.345 e. The van der Waals surface area contributed by atoms with E-state index in [2.05, 4.69) is 16.0 Å². The summed E-state index contributed by atoms with van der Waals surface area (Å²) in [5.41, 5.74) is 0.873. The fraction of sp³-hybridized carbons (Fsp3) is 0.333. The SMILES string of the molecule is CC(C)[C@@H](C=O)NC(=O)[C@H](C)NC(=O)C(Cc1cccc(F)c1)NC(=O)c1ccccc1. The van der Waals surface area contributed by atoms with E-state index in [4.69, 9.17) is 0 Å². The van der Waals surface area contributed by atoms with E-state index in [-0.39, 0.29) is 12.3 Å². The zero-order valence-electron chi connectivity index (χ0n) is 18.3. The molecule has 0 saturated carbocycles. The largest absolute Gasteiger partial charge is 0.345 e. The first-order chi connectivity index (χ1) is 15.2. The fourth-order valence-electron chi connectivity index (χ4n) is 2.97. The van der Waals surface area contributed by atoms with Crippen molar-refractivity contribution in [3.05, 3.63) is 71.5 Å². The average Bonchev–Trinajstić information content (AvgIpc) is 2.77. The fourth-order valence-corrected chi connectivity index (χ4v) is 2.97. The van der Waals surface area contributed by atoms with Gasteiger partial charge in [-0.15, -0.1) is 0 Å². The standard InChI is InChI=1S/C24H28FN3O4/c1-15(2)21(14-29)28-22(30)16(3)26-24(32)20(13-17-8-7-11-19(25)12-17)27-23(31)18-9-5-4-6-10-18/h4-12,14-16,20-21H,13H2,1-3H3,(H,26,32)(H,27,31)(H,28,30)/t16-,20?,21+/m0/s1. The molecular weight excluding hydrogens is 413 g/mol. The van der Waals surface area contributed by atoms with Crippen LogP contribution in [0.3, 0.4) is 0 Å². The van der Waals surface area contributed by atoms with Gasteiger partial charge in [0.1, 0.15) is 24.2 Å². The van der Waals surface area contributed by atoms with E-state index in [1.54, 1.807) is 50.2 Å². The van der Waals surface area contributed by atoms with E-state index in [0.29, 0.717) is 17.4 Å². The predicted octanol–water partition coefficient (Wildman–Crippen LogP) is 2.01. The van der Waals surface area contributed by atoms with Crippen molar-refractivity contribution < 1.29 is 23.6 Å². The molecule has 1 unspecified atom stereocenters. The number of nitrogens with one attached hydrogen (secondary N) is 3. The van der Waals surface area contributed by atoms with Gasteiger partial charge in [-0.1, -0.05) is 44.2 Å². The maximum Gasteiger partial charge on any atom is 0.251 e. The Labute approximate surface area is 186 Å². The molecule has 0 saturated heterocycles. The lowest BCUT2D eigenvalue weighted by atomic mass is 10.0. The third-order valence-corrected chi connectivity index (χ3v) is 4.91. The molecule has 0 aliphatic heterocycles. The van der Waals surface area contributed by atoms with E-state index in [1.807, 2.05) is 0 Å². The summed E-state index contributed by atoms with van der Waals surface area (Å²) in [5.74, 6) is -2.17. The maximum atomic E-state index is 13.6. The van der Waals surface area contributed by atoms with Gasteiger partial charge in [-0.3, -0.25) is 14.4 Å². The molecule has 3 amide bonds. The molecule has 0 radical (unpaired) electrons. The van der Waals surface area contributed by atoms with Crippen molar-refractivity contribution in [3.63, 3.8) is 0 Å². The van der Waals surface area contributed by atoms with Crippen molar-refractivity contribution >= 4 is 24.0 Å². The number of hydrogen-bond acceptors (Lipinski definition) is 4. The highest BCUT2D eigenvalue weighted by molar-refractivity contribution is 5.98. The second-order valence-corrected chi connectivity index (χ2v) is 7.87. The first-order valence-corrected chi connectivity index (χ1v) is 10.4. The van der Waals surface area contributed by atoms with Crippen LogP contribution in [0.2, 0.25) is 0 Å². The molecule has 0 bridgehead atoms. The van der Waals surface area contributed by atoms with Crippen molar-refractivity contribution in [3.8, 4) is 0 Å². The zero-order valence-corrected chi connectivity index (χ0v) is 18.3. The smallest absolute Gasteiger partial charge is 0.251 e. The lowest BCUT2D eigenvalue weighted by Gasteiger charge is -2.23. The quantitative estimate of drug-likeness (QED) is 0.491. The molecule has 170 valence electrons. The minimum absolute atomic E-state index is 0.0272. The van der Waals surface area contributed by atoms with Crippen LogP contribution in [0.25, 0.3) is 0 Å². The Hall–Kier alpha value is -3.55. The topological polar surface area (TPSA) is 104 Å². The number of halogens is 1. The van der Waals surface area contributed by atoms with Crippen LogP contribution in [0.15, 0.2) is 54.6 Å². The highest BCUT2D eigenvalue weighted by Crippen LogP contribution is 2.09. The van der Waals surface area contributed by atoms with Crippen molar-refractivity contribution in [1.29, 1.82) is 0 Å². The summed E-state index contributed by atoms with van der Waals surface area (Å²) >= 11 is 0. The van der Waals surface area contributed by atoms with Crippen molar-refractivity contribution in [2.24, 2.45) is 5.92 Å². The highest BCUT2D eigenvalue weighted by atomic mass is 19.1. The summed E-state index contributed by atoms with van der Waals surface area (Å²) in [6.45, 7) is 5.06. The zero-order chi connectivity index (χ0) is 23.7. The number of hydrogen-bond donors (Lipinski definition) is 3. The van der Waals surface area contributed by atoms with Gasteiger partial charge in [-0.2, -0.15) is 0 Å². The first kappa shape index (κ1) is 24.7. The van der Waals surface area contributed by atoms with Gasteiger partial charge in [-0.05, 0) is 42.7 Å². The summed E-state index contributed by atoms with van der Waals surface area (Å²) < 4.78 is 13.6. The number of rotatable bonds is 10.